The van der Waals surface area contributed by atoms with Crippen molar-refractivity contribution in [2.24, 2.45) is 4.99 Å². The average Bonchev–Trinajstić information content (AvgIpc) is 2.17. The number of hydrogen-bond donors (Lipinski definition) is 2. The van der Waals surface area contributed by atoms with Crippen LogP contribution in [0.2, 0.25) is 0 Å². The molecule has 5 heteroatoms. The zero-order chi connectivity index (χ0) is 12.2. The highest BCUT2D eigenvalue weighted by molar-refractivity contribution is 7.84. The monoisotopic (exact) mass is 245 g/mol. The molecule has 94 valence electrons. The standard InChI is InChI=1S/C11H23N3OS/c1-9(14-16(15)11(2,3)4)8-10-12-6-5-7-13-10/h9,14H,5-8H2,1-4H3,(H,12,13)/t9-,16?/m0/s1. The predicted octanol–water partition coefficient (Wildman–Crippen LogP) is 1.21. The smallest absolute Gasteiger partial charge is 0.0978 e. The first-order chi connectivity index (χ1) is 7.39. The summed E-state index contributed by atoms with van der Waals surface area (Å²) in [4.78, 5) is 4.41. The molecular formula is C11H23N3OS. The van der Waals surface area contributed by atoms with Crippen molar-refractivity contribution in [3.8, 4) is 0 Å². The molecule has 0 amide bonds. The molecule has 0 aromatic heterocycles. The maximum absolute atomic E-state index is 11.9. The number of amidine groups is 1. The van der Waals surface area contributed by atoms with E-state index in [2.05, 4.69) is 15.0 Å². The lowest BCUT2D eigenvalue weighted by molar-refractivity contribution is 0.605. The minimum atomic E-state index is -1.00. The lowest BCUT2D eigenvalue weighted by Crippen LogP contribution is -2.41. The van der Waals surface area contributed by atoms with Gasteiger partial charge in [-0.1, -0.05) is 0 Å². The van der Waals surface area contributed by atoms with Gasteiger partial charge in [-0.2, -0.15) is 0 Å². The first-order valence-corrected chi connectivity index (χ1v) is 7.00. The van der Waals surface area contributed by atoms with Gasteiger partial charge in [0.15, 0.2) is 0 Å². The Balaban J connectivity index is 2.38. The van der Waals surface area contributed by atoms with Crippen LogP contribution in [0.3, 0.4) is 0 Å². The molecule has 0 radical (unpaired) electrons. The highest BCUT2D eigenvalue weighted by Crippen LogP contribution is 2.10. The predicted molar refractivity (Wildman–Crippen MR) is 70.0 cm³/mol. The molecule has 16 heavy (non-hydrogen) atoms. The normalized spacial score (nSPS) is 20.9. The fourth-order valence-corrected chi connectivity index (χ4v) is 2.21. The molecule has 0 aliphatic carbocycles. The van der Waals surface area contributed by atoms with Gasteiger partial charge in [-0.15, -0.1) is 0 Å². The Labute approximate surface area is 101 Å². The summed E-state index contributed by atoms with van der Waals surface area (Å²) in [6.07, 6.45) is 1.93. The van der Waals surface area contributed by atoms with Crippen molar-refractivity contribution >= 4 is 16.8 Å². The van der Waals surface area contributed by atoms with Crippen molar-refractivity contribution in [2.75, 3.05) is 13.1 Å². The topological polar surface area (TPSA) is 53.5 Å². The lowest BCUT2D eigenvalue weighted by Gasteiger charge is -2.23. The molecule has 0 saturated heterocycles. The van der Waals surface area contributed by atoms with Gasteiger partial charge in [0.05, 0.1) is 21.6 Å². The maximum Gasteiger partial charge on any atom is 0.0978 e. The van der Waals surface area contributed by atoms with Crippen LogP contribution in [0.1, 0.15) is 40.5 Å². The van der Waals surface area contributed by atoms with Crippen LogP contribution in [0.5, 0.6) is 0 Å². The summed E-state index contributed by atoms with van der Waals surface area (Å²) in [7, 11) is -1.00. The van der Waals surface area contributed by atoms with Crippen molar-refractivity contribution in [1.82, 2.24) is 10.0 Å². The van der Waals surface area contributed by atoms with Crippen LogP contribution in [0.25, 0.3) is 0 Å². The van der Waals surface area contributed by atoms with E-state index in [1.165, 1.54) is 0 Å². The molecule has 1 aliphatic heterocycles. The van der Waals surface area contributed by atoms with E-state index in [0.717, 1.165) is 31.8 Å². The summed E-state index contributed by atoms with van der Waals surface area (Å²) < 4.78 is 14.8. The molecule has 1 heterocycles. The van der Waals surface area contributed by atoms with Gasteiger partial charge < -0.3 is 5.32 Å². The Morgan fingerprint density at radius 1 is 1.56 bits per heavy atom. The Morgan fingerprint density at radius 2 is 2.25 bits per heavy atom. The van der Waals surface area contributed by atoms with Crippen LogP contribution < -0.4 is 10.0 Å². The highest BCUT2D eigenvalue weighted by Gasteiger charge is 2.21. The van der Waals surface area contributed by atoms with Crippen LogP contribution in [0.4, 0.5) is 0 Å². The molecule has 0 fully saturated rings. The van der Waals surface area contributed by atoms with E-state index >= 15 is 0 Å². The molecule has 1 unspecified atom stereocenters. The van der Waals surface area contributed by atoms with Gasteiger partial charge in [-0.05, 0) is 34.1 Å². The second kappa shape index (κ2) is 5.77. The van der Waals surface area contributed by atoms with E-state index in [1.54, 1.807) is 0 Å². The second-order valence-corrected chi connectivity index (χ2v) is 7.21. The SMILES string of the molecule is C[C@@H](CC1=NCCCN1)NS(=O)C(C)(C)C. The number of nitrogens with one attached hydrogen (secondary N) is 2. The van der Waals surface area contributed by atoms with E-state index in [0.29, 0.717) is 0 Å². The molecule has 4 nitrogen and oxygen atoms in total. The molecular weight excluding hydrogens is 222 g/mol. The molecule has 1 aliphatic rings. The van der Waals surface area contributed by atoms with Gasteiger partial charge in [0, 0.05) is 25.6 Å². The number of rotatable bonds is 4. The Bertz CT molecular complexity index is 283. The van der Waals surface area contributed by atoms with E-state index in [4.69, 9.17) is 0 Å². The van der Waals surface area contributed by atoms with Crippen molar-refractivity contribution in [1.29, 1.82) is 0 Å². The van der Waals surface area contributed by atoms with E-state index in [9.17, 15) is 4.21 Å². The van der Waals surface area contributed by atoms with E-state index < -0.39 is 11.0 Å². The molecule has 0 aromatic carbocycles. The molecule has 0 spiro atoms. The molecule has 0 aromatic rings. The van der Waals surface area contributed by atoms with Crippen LogP contribution in [0.15, 0.2) is 4.99 Å². The van der Waals surface area contributed by atoms with Crippen molar-refractivity contribution in [3.05, 3.63) is 0 Å². The Morgan fingerprint density at radius 3 is 2.75 bits per heavy atom. The van der Waals surface area contributed by atoms with Crippen LogP contribution in [-0.4, -0.2) is 33.9 Å². The fraction of sp³-hybridized carbons (Fsp3) is 0.909. The van der Waals surface area contributed by atoms with Gasteiger partial charge in [0.2, 0.25) is 0 Å². The summed E-state index contributed by atoms with van der Waals surface area (Å²) in [6, 6.07) is 0.185. The van der Waals surface area contributed by atoms with Crippen LogP contribution in [0, 0.1) is 0 Å². The zero-order valence-corrected chi connectivity index (χ0v) is 11.5. The Hall–Kier alpha value is -0.420. The van der Waals surface area contributed by atoms with Gasteiger partial charge in [0.1, 0.15) is 0 Å². The molecule has 0 bridgehead atoms. The third-order valence-corrected chi connectivity index (χ3v) is 4.06. The highest BCUT2D eigenvalue weighted by atomic mass is 32.2. The van der Waals surface area contributed by atoms with Gasteiger partial charge in [-0.25, -0.2) is 8.93 Å². The van der Waals surface area contributed by atoms with Gasteiger partial charge in [-0.3, -0.25) is 4.99 Å². The van der Waals surface area contributed by atoms with Gasteiger partial charge >= 0.3 is 0 Å². The maximum atomic E-state index is 11.9. The quantitative estimate of drug-likeness (QED) is 0.782. The number of nitrogens with zero attached hydrogens (tertiary/aromatic N) is 1. The van der Waals surface area contributed by atoms with Crippen molar-refractivity contribution in [2.45, 2.75) is 51.3 Å². The van der Waals surface area contributed by atoms with E-state index in [-0.39, 0.29) is 10.8 Å². The summed E-state index contributed by atoms with van der Waals surface area (Å²) in [5.41, 5.74) is 0. The summed E-state index contributed by atoms with van der Waals surface area (Å²) in [5.74, 6) is 1.04. The minimum absolute atomic E-state index is 0.185. The first-order valence-electron chi connectivity index (χ1n) is 5.85. The lowest BCUT2D eigenvalue weighted by atomic mass is 10.2. The summed E-state index contributed by atoms with van der Waals surface area (Å²) in [6.45, 7) is 9.88. The van der Waals surface area contributed by atoms with Crippen LogP contribution in [-0.2, 0) is 11.0 Å². The largest absolute Gasteiger partial charge is 0.374 e. The second-order valence-electron chi connectivity index (χ2n) is 5.21. The molecule has 2 atom stereocenters. The molecule has 1 rings (SSSR count). The van der Waals surface area contributed by atoms with Gasteiger partial charge in [0.25, 0.3) is 0 Å². The number of aliphatic imine (C=N–C) groups is 1. The third-order valence-electron chi connectivity index (χ3n) is 2.33. The summed E-state index contributed by atoms with van der Waals surface area (Å²) >= 11 is 0. The zero-order valence-electron chi connectivity index (χ0n) is 10.7. The van der Waals surface area contributed by atoms with E-state index in [1.807, 2.05) is 27.7 Å². The minimum Gasteiger partial charge on any atom is -0.374 e. The molecule has 2 N–H and O–H groups in total. The van der Waals surface area contributed by atoms with Crippen molar-refractivity contribution in [3.63, 3.8) is 0 Å². The van der Waals surface area contributed by atoms with Crippen LogP contribution >= 0.6 is 0 Å². The average molecular weight is 245 g/mol. The first kappa shape index (κ1) is 13.6. The third kappa shape index (κ3) is 4.61. The molecule has 0 saturated carbocycles. The summed E-state index contributed by atoms with van der Waals surface area (Å²) in [5, 5.41) is 3.27. The number of hydrogen-bond acceptors (Lipinski definition) is 3. The van der Waals surface area contributed by atoms with Crippen molar-refractivity contribution < 1.29 is 4.21 Å². The Kier molecular flexibility index (Phi) is 4.92. The fourth-order valence-electron chi connectivity index (χ4n) is 1.41.